The van der Waals surface area contributed by atoms with Gasteiger partial charge >= 0.3 is 0 Å². The zero-order valence-corrected chi connectivity index (χ0v) is 14.6. The van der Waals surface area contributed by atoms with Crippen molar-refractivity contribution in [2.24, 2.45) is 0 Å². The van der Waals surface area contributed by atoms with E-state index in [0.29, 0.717) is 6.04 Å². The molecule has 2 aliphatic rings. The molecule has 2 aromatic rings. The van der Waals surface area contributed by atoms with Gasteiger partial charge in [0.2, 0.25) is 5.91 Å². The minimum atomic E-state index is -0.0991. The van der Waals surface area contributed by atoms with E-state index in [9.17, 15) is 4.79 Å². The topological polar surface area (TPSA) is 62.2 Å². The summed E-state index contributed by atoms with van der Waals surface area (Å²) >= 11 is 0. The summed E-state index contributed by atoms with van der Waals surface area (Å²) in [5.74, 6) is 0.151. The summed E-state index contributed by atoms with van der Waals surface area (Å²) in [4.78, 5) is 14.6. The summed E-state index contributed by atoms with van der Waals surface area (Å²) < 4.78 is 1.87. The number of nitrogens with zero attached hydrogens (tertiary/aromatic N) is 3. The lowest BCUT2D eigenvalue weighted by atomic mass is 10.1. The summed E-state index contributed by atoms with van der Waals surface area (Å²) in [5.41, 5.74) is 3.64. The predicted molar refractivity (Wildman–Crippen MR) is 96.5 cm³/mol. The summed E-state index contributed by atoms with van der Waals surface area (Å²) in [6.45, 7) is 5.60. The molecule has 1 atom stereocenters. The molecular formula is C19H25N5O. The monoisotopic (exact) mass is 339 g/mol. The van der Waals surface area contributed by atoms with Crippen LogP contribution < -0.4 is 10.6 Å². The second kappa shape index (κ2) is 6.98. The molecule has 25 heavy (non-hydrogen) atoms. The summed E-state index contributed by atoms with van der Waals surface area (Å²) in [5, 5.41) is 10.7. The van der Waals surface area contributed by atoms with Crippen LogP contribution in [0.4, 0.5) is 0 Å². The molecular weight excluding hydrogens is 314 g/mol. The maximum Gasteiger partial charge on any atom is 0.238 e. The Labute approximate surface area is 148 Å². The first-order valence-corrected chi connectivity index (χ1v) is 9.05. The lowest BCUT2D eigenvalue weighted by molar-refractivity contribution is -0.124. The first kappa shape index (κ1) is 16.3. The van der Waals surface area contributed by atoms with E-state index in [1.807, 2.05) is 16.9 Å². The van der Waals surface area contributed by atoms with Crippen LogP contribution in [0.2, 0.25) is 0 Å². The predicted octanol–water partition coefficient (Wildman–Crippen LogP) is 1.23. The highest BCUT2D eigenvalue weighted by atomic mass is 16.2. The van der Waals surface area contributed by atoms with Crippen molar-refractivity contribution < 1.29 is 4.79 Å². The Bertz CT molecular complexity index is 738. The van der Waals surface area contributed by atoms with Crippen molar-refractivity contribution in [1.29, 1.82) is 0 Å². The number of benzene rings is 1. The van der Waals surface area contributed by atoms with Gasteiger partial charge in [-0.05, 0) is 49.1 Å². The lowest BCUT2D eigenvalue weighted by Gasteiger charge is -2.33. The van der Waals surface area contributed by atoms with Gasteiger partial charge < -0.3 is 10.6 Å². The van der Waals surface area contributed by atoms with Crippen LogP contribution in [0, 0.1) is 6.92 Å². The van der Waals surface area contributed by atoms with Gasteiger partial charge in [0.15, 0.2) is 0 Å². The van der Waals surface area contributed by atoms with Crippen molar-refractivity contribution in [3.8, 4) is 5.69 Å². The van der Waals surface area contributed by atoms with Gasteiger partial charge in [0.05, 0.1) is 11.7 Å². The van der Waals surface area contributed by atoms with Crippen molar-refractivity contribution in [3.05, 3.63) is 47.8 Å². The van der Waals surface area contributed by atoms with E-state index < -0.39 is 0 Å². The minimum Gasteiger partial charge on any atom is -0.352 e. The third-order valence-electron chi connectivity index (χ3n) is 4.99. The number of nitrogens with one attached hydrogen (secondary N) is 2. The van der Waals surface area contributed by atoms with Gasteiger partial charge in [-0.25, -0.2) is 4.68 Å². The molecule has 6 heteroatoms. The van der Waals surface area contributed by atoms with Crippen LogP contribution in [0.3, 0.4) is 0 Å². The van der Waals surface area contributed by atoms with Gasteiger partial charge in [-0.2, -0.15) is 5.10 Å². The van der Waals surface area contributed by atoms with Gasteiger partial charge in [0, 0.05) is 44.6 Å². The van der Waals surface area contributed by atoms with Crippen molar-refractivity contribution in [1.82, 2.24) is 25.3 Å². The van der Waals surface area contributed by atoms with Gasteiger partial charge in [-0.1, -0.05) is 6.07 Å². The van der Waals surface area contributed by atoms with Crippen LogP contribution in [0.1, 0.15) is 24.0 Å². The quantitative estimate of drug-likeness (QED) is 0.860. The zero-order chi connectivity index (χ0) is 17.2. The van der Waals surface area contributed by atoms with E-state index in [1.165, 1.54) is 11.1 Å². The summed E-state index contributed by atoms with van der Waals surface area (Å²) in [6, 6.07) is 8.70. The number of hydrogen-bond donors (Lipinski definition) is 2. The number of aryl methyl sites for hydroxylation is 1. The molecule has 6 nitrogen and oxygen atoms in total. The van der Waals surface area contributed by atoms with Crippen molar-refractivity contribution >= 4 is 5.91 Å². The number of hydrogen-bond acceptors (Lipinski definition) is 4. The van der Waals surface area contributed by atoms with E-state index in [2.05, 4.69) is 45.8 Å². The Kier molecular flexibility index (Phi) is 4.55. The van der Waals surface area contributed by atoms with Crippen molar-refractivity contribution in [3.63, 3.8) is 0 Å². The Hall–Kier alpha value is -2.18. The molecule has 4 rings (SSSR count). The third-order valence-corrected chi connectivity index (χ3v) is 4.99. The molecule has 2 heterocycles. The molecule has 1 aliphatic carbocycles. The summed E-state index contributed by atoms with van der Waals surface area (Å²) in [6.07, 6.45) is 6.00. The average molecular weight is 339 g/mol. The molecule has 1 saturated carbocycles. The molecule has 0 spiro atoms. The van der Waals surface area contributed by atoms with Crippen molar-refractivity contribution in [2.45, 2.75) is 38.4 Å². The van der Waals surface area contributed by atoms with Crippen LogP contribution in [0.25, 0.3) is 5.69 Å². The SMILES string of the molecule is Cc1cc(-n2cccn2)ccc1CN1CCN[C@H](C(=O)NC2CC2)C1. The standard InChI is InChI=1S/C19H25N5O/c1-14-11-17(24-9-2-7-21-24)6-3-15(14)12-23-10-8-20-18(13-23)19(25)22-16-4-5-16/h2-3,6-7,9,11,16,18,20H,4-5,8,10,12-13H2,1H3,(H,22,25)/t18-/m0/s1. The van der Waals surface area contributed by atoms with Crippen molar-refractivity contribution in [2.75, 3.05) is 19.6 Å². The molecule has 2 fully saturated rings. The first-order valence-electron chi connectivity index (χ1n) is 9.05. The molecule has 132 valence electrons. The number of piperazine rings is 1. The number of amides is 1. The van der Waals surface area contributed by atoms with Crippen LogP contribution in [0.15, 0.2) is 36.7 Å². The Morgan fingerprint density at radius 2 is 2.28 bits per heavy atom. The van der Waals surface area contributed by atoms with Gasteiger partial charge in [0.1, 0.15) is 0 Å². The normalized spacial score (nSPS) is 21.2. The number of carbonyl (C=O) groups excluding carboxylic acids is 1. The molecule has 1 aromatic carbocycles. The van der Waals surface area contributed by atoms with Gasteiger partial charge in [-0.15, -0.1) is 0 Å². The van der Waals surface area contributed by atoms with Crippen LogP contribution >= 0.6 is 0 Å². The fourth-order valence-corrected chi connectivity index (χ4v) is 3.32. The number of rotatable bonds is 5. The summed E-state index contributed by atoms with van der Waals surface area (Å²) in [7, 11) is 0. The highest BCUT2D eigenvalue weighted by Gasteiger charge is 2.30. The highest BCUT2D eigenvalue weighted by molar-refractivity contribution is 5.82. The molecule has 0 unspecified atom stereocenters. The van der Waals surface area contributed by atoms with E-state index in [-0.39, 0.29) is 11.9 Å². The first-order chi connectivity index (χ1) is 12.2. The maximum absolute atomic E-state index is 12.3. The molecule has 0 bridgehead atoms. The second-order valence-corrected chi connectivity index (χ2v) is 7.09. The fourth-order valence-electron chi connectivity index (χ4n) is 3.32. The Balaban J connectivity index is 1.40. The van der Waals surface area contributed by atoms with E-state index in [0.717, 1.165) is 44.7 Å². The Morgan fingerprint density at radius 3 is 3.00 bits per heavy atom. The maximum atomic E-state index is 12.3. The number of aromatic nitrogens is 2. The highest BCUT2D eigenvalue weighted by Crippen LogP contribution is 2.20. The largest absolute Gasteiger partial charge is 0.352 e. The molecule has 1 aromatic heterocycles. The van der Waals surface area contributed by atoms with Crippen LogP contribution in [-0.2, 0) is 11.3 Å². The average Bonchev–Trinajstić information content (AvgIpc) is 3.26. The molecule has 0 radical (unpaired) electrons. The zero-order valence-electron chi connectivity index (χ0n) is 14.6. The second-order valence-electron chi connectivity index (χ2n) is 7.09. The number of carbonyl (C=O) groups is 1. The van der Waals surface area contributed by atoms with E-state index in [4.69, 9.17) is 0 Å². The smallest absolute Gasteiger partial charge is 0.238 e. The van der Waals surface area contributed by atoms with Crippen LogP contribution in [-0.4, -0.2) is 52.3 Å². The molecule has 1 aliphatic heterocycles. The fraction of sp³-hybridized carbons (Fsp3) is 0.474. The molecule has 2 N–H and O–H groups in total. The van der Waals surface area contributed by atoms with E-state index in [1.54, 1.807) is 6.20 Å². The third kappa shape index (κ3) is 3.91. The molecule has 1 saturated heterocycles. The van der Waals surface area contributed by atoms with Gasteiger partial charge in [0.25, 0.3) is 0 Å². The van der Waals surface area contributed by atoms with Gasteiger partial charge in [-0.3, -0.25) is 9.69 Å². The Morgan fingerprint density at radius 1 is 1.40 bits per heavy atom. The van der Waals surface area contributed by atoms with Crippen LogP contribution in [0.5, 0.6) is 0 Å². The minimum absolute atomic E-state index is 0.0991. The van der Waals surface area contributed by atoms with E-state index >= 15 is 0 Å². The molecule has 1 amide bonds. The lowest BCUT2D eigenvalue weighted by Crippen LogP contribution is -2.57.